The summed E-state index contributed by atoms with van der Waals surface area (Å²) in [5, 5.41) is 14.3. The minimum absolute atomic E-state index is 0.0903. The number of halogens is 1. The molecule has 0 spiro atoms. The summed E-state index contributed by atoms with van der Waals surface area (Å²) >= 11 is 2.82. The first-order valence-corrected chi connectivity index (χ1v) is 10.7. The Bertz CT molecular complexity index is 1010. The Morgan fingerprint density at radius 2 is 1.79 bits per heavy atom. The summed E-state index contributed by atoms with van der Waals surface area (Å²) in [6.45, 7) is 1.47. The van der Waals surface area contributed by atoms with Crippen molar-refractivity contribution in [3.63, 3.8) is 0 Å². The van der Waals surface area contributed by atoms with E-state index in [0.717, 1.165) is 4.34 Å². The molecule has 0 aliphatic rings. The van der Waals surface area contributed by atoms with Crippen molar-refractivity contribution in [2.45, 2.75) is 24.1 Å². The first-order valence-electron chi connectivity index (χ1n) is 8.90. The molecule has 6 nitrogen and oxygen atoms in total. The molecule has 150 valence electrons. The van der Waals surface area contributed by atoms with Crippen LogP contribution in [0.15, 0.2) is 52.9 Å². The number of para-hydroxylation sites is 2. The normalized spacial score (nSPS) is 10.6. The van der Waals surface area contributed by atoms with Crippen molar-refractivity contribution in [3.05, 3.63) is 59.9 Å². The Labute approximate surface area is 175 Å². The fourth-order valence-corrected chi connectivity index (χ4v) is 4.27. The van der Waals surface area contributed by atoms with Gasteiger partial charge in [0.05, 0.1) is 11.4 Å². The molecule has 0 aliphatic heterocycles. The van der Waals surface area contributed by atoms with E-state index in [9.17, 15) is 14.0 Å². The number of benzene rings is 2. The van der Waals surface area contributed by atoms with E-state index >= 15 is 0 Å². The second-order valence-corrected chi connectivity index (χ2v) is 8.40. The van der Waals surface area contributed by atoms with Crippen molar-refractivity contribution >= 4 is 51.3 Å². The minimum atomic E-state index is -0.353. The van der Waals surface area contributed by atoms with E-state index < -0.39 is 0 Å². The predicted molar refractivity (Wildman–Crippen MR) is 115 cm³/mol. The molecular formula is C20H19FN4O2S2. The molecule has 0 atom stereocenters. The first-order chi connectivity index (χ1) is 14.0. The van der Waals surface area contributed by atoms with Crippen LogP contribution in [0.2, 0.25) is 0 Å². The summed E-state index contributed by atoms with van der Waals surface area (Å²) in [6.07, 6.45) is 0.979. The van der Waals surface area contributed by atoms with Gasteiger partial charge >= 0.3 is 0 Å². The maximum Gasteiger partial charge on any atom is 0.224 e. The summed E-state index contributed by atoms with van der Waals surface area (Å²) in [7, 11) is 0. The van der Waals surface area contributed by atoms with E-state index in [0.29, 0.717) is 40.7 Å². The van der Waals surface area contributed by atoms with Gasteiger partial charge < -0.3 is 10.6 Å². The molecule has 2 aromatic carbocycles. The lowest BCUT2D eigenvalue weighted by Crippen LogP contribution is -2.13. The number of ketones is 1. The maximum absolute atomic E-state index is 13.7. The predicted octanol–water partition coefficient (Wildman–Crippen LogP) is 5.13. The number of carbonyl (C=O) groups excluding carboxylic acids is 2. The summed E-state index contributed by atoms with van der Waals surface area (Å²) in [4.78, 5) is 23.7. The lowest BCUT2D eigenvalue weighted by Gasteiger charge is -2.08. The summed E-state index contributed by atoms with van der Waals surface area (Å²) in [6, 6.07) is 13.3. The van der Waals surface area contributed by atoms with Crippen molar-refractivity contribution in [2.24, 2.45) is 0 Å². The number of anilines is 3. The van der Waals surface area contributed by atoms with Crippen LogP contribution >= 0.6 is 23.1 Å². The van der Waals surface area contributed by atoms with Crippen LogP contribution in [0.25, 0.3) is 0 Å². The van der Waals surface area contributed by atoms with Gasteiger partial charge in [-0.1, -0.05) is 47.4 Å². The van der Waals surface area contributed by atoms with Gasteiger partial charge in [-0.3, -0.25) is 9.59 Å². The van der Waals surface area contributed by atoms with Gasteiger partial charge in [-0.15, -0.1) is 10.2 Å². The van der Waals surface area contributed by atoms with Gasteiger partial charge in [0.15, 0.2) is 10.1 Å². The third-order valence-electron chi connectivity index (χ3n) is 3.88. The quantitative estimate of drug-likeness (QED) is 0.278. The molecule has 0 saturated carbocycles. The van der Waals surface area contributed by atoms with E-state index in [1.54, 1.807) is 42.5 Å². The number of nitrogens with one attached hydrogen (secondary N) is 2. The van der Waals surface area contributed by atoms with E-state index in [2.05, 4.69) is 20.8 Å². The van der Waals surface area contributed by atoms with Crippen molar-refractivity contribution in [3.8, 4) is 0 Å². The van der Waals surface area contributed by atoms with E-state index in [1.165, 1.54) is 36.1 Å². The Morgan fingerprint density at radius 3 is 2.55 bits per heavy atom. The van der Waals surface area contributed by atoms with Crippen molar-refractivity contribution < 1.29 is 14.0 Å². The average molecular weight is 431 g/mol. The van der Waals surface area contributed by atoms with E-state index in [4.69, 9.17) is 0 Å². The number of hydrogen-bond donors (Lipinski definition) is 2. The van der Waals surface area contributed by atoms with Crippen LogP contribution in [-0.2, 0) is 4.79 Å². The highest BCUT2D eigenvalue weighted by Gasteiger charge is 2.11. The Balaban J connectivity index is 1.43. The molecule has 3 aromatic rings. The van der Waals surface area contributed by atoms with Gasteiger partial charge in [0.1, 0.15) is 5.82 Å². The second kappa shape index (κ2) is 10.1. The Kier molecular flexibility index (Phi) is 7.31. The topological polar surface area (TPSA) is 84.0 Å². The molecule has 29 heavy (non-hydrogen) atoms. The molecule has 0 bridgehead atoms. The van der Waals surface area contributed by atoms with Crippen LogP contribution in [0.3, 0.4) is 0 Å². The smallest absolute Gasteiger partial charge is 0.224 e. The zero-order valence-corrected chi connectivity index (χ0v) is 17.3. The third-order valence-corrected chi connectivity index (χ3v) is 5.93. The molecule has 1 aromatic heterocycles. The molecular weight excluding hydrogens is 411 g/mol. The molecule has 0 unspecified atom stereocenters. The van der Waals surface area contributed by atoms with Gasteiger partial charge in [-0.2, -0.15) is 0 Å². The molecule has 2 N–H and O–H groups in total. The van der Waals surface area contributed by atoms with E-state index in [1.807, 2.05) is 0 Å². The third kappa shape index (κ3) is 6.10. The van der Waals surface area contributed by atoms with Crippen LogP contribution in [-0.4, -0.2) is 27.6 Å². The lowest BCUT2D eigenvalue weighted by molar-refractivity contribution is -0.116. The highest BCUT2D eigenvalue weighted by molar-refractivity contribution is 8.01. The zero-order valence-electron chi connectivity index (χ0n) is 15.6. The summed E-state index contributed by atoms with van der Waals surface area (Å²) < 4.78 is 14.4. The summed E-state index contributed by atoms with van der Waals surface area (Å²) in [5.41, 5.74) is 1.38. The van der Waals surface area contributed by atoms with Gasteiger partial charge in [-0.25, -0.2) is 4.39 Å². The highest BCUT2D eigenvalue weighted by Crippen LogP contribution is 2.29. The molecule has 1 amide bonds. The number of aromatic nitrogens is 2. The van der Waals surface area contributed by atoms with Gasteiger partial charge in [0.25, 0.3) is 0 Å². The van der Waals surface area contributed by atoms with Crippen molar-refractivity contribution in [2.75, 3.05) is 16.4 Å². The second-order valence-electron chi connectivity index (χ2n) is 6.08. The molecule has 9 heteroatoms. The number of amides is 1. The molecule has 0 radical (unpaired) electrons. The largest absolute Gasteiger partial charge is 0.328 e. The number of Topliss-reactive ketones (excluding diaryl/α,β-unsaturated/α-hetero) is 1. The number of hydrogen-bond acceptors (Lipinski definition) is 7. The van der Waals surface area contributed by atoms with Crippen LogP contribution in [0, 0.1) is 5.82 Å². The van der Waals surface area contributed by atoms with Gasteiger partial charge in [0.2, 0.25) is 11.0 Å². The lowest BCUT2D eigenvalue weighted by atomic mass is 10.1. The van der Waals surface area contributed by atoms with Crippen LogP contribution in [0.5, 0.6) is 0 Å². The highest BCUT2D eigenvalue weighted by atomic mass is 32.2. The monoisotopic (exact) mass is 430 g/mol. The Morgan fingerprint density at radius 1 is 1.07 bits per heavy atom. The first kappa shape index (κ1) is 20.9. The van der Waals surface area contributed by atoms with Crippen LogP contribution in [0.1, 0.15) is 30.1 Å². The zero-order chi connectivity index (χ0) is 20.6. The fraction of sp³-hybridized carbons (Fsp3) is 0.200. The summed E-state index contributed by atoms with van der Waals surface area (Å²) in [5.74, 6) is 0.107. The Hall–Kier alpha value is -2.78. The number of carbonyl (C=O) groups is 2. The van der Waals surface area contributed by atoms with Crippen molar-refractivity contribution in [1.29, 1.82) is 0 Å². The minimum Gasteiger partial charge on any atom is -0.328 e. The number of rotatable bonds is 9. The fourth-order valence-electron chi connectivity index (χ4n) is 2.50. The number of nitrogens with zero attached hydrogens (tertiary/aromatic N) is 2. The average Bonchev–Trinajstić information content (AvgIpc) is 3.15. The molecule has 1 heterocycles. The van der Waals surface area contributed by atoms with Gasteiger partial charge in [-0.05, 0) is 37.6 Å². The van der Waals surface area contributed by atoms with Gasteiger partial charge in [0, 0.05) is 17.7 Å². The number of thioether (sulfide) groups is 1. The van der Waals surface area contributed by atoms with Crippen molar-refractivity contribution in [1.82, 2.24) is 10.2 Å². The molecule has 0 aliphatic carbocycles. The van der Waals surface area contributed by atoms with E-state index in [-0.39, 0.29) is 17.5 Å². The van der Waals surface area contributed by atoms with Crippen LogP contribution < -0.4 is 10.6 Å². The SMILES string of the molecule is CC(=O)c1ccccc1NC(=O)CCCSc1nnc(Nc2ccccc2F)s1. The molecule has 3 rings (SSSR count). The molecule has 0 fully saturated rings. The standard InChI is InChI=1S/C20H19FN4O2S2/c1-13(26)14-7-2-4-9-16(14)22-18(27)11-6-12-28-20-25-24-19(29-20)23-17-10-5-3-8-15(17)21/h2-5,7-10H,6,11-12H2,1H3,(H,22,27)(H,23,24). The van der Waals surface area contributed by atoms with Crippen LogP contribution in [0.4, 0.5) is 20.9 Å². The molecule has 0 saturated heterocycles. The maximum atomic E-state index is 13.7.